The molecule has 0 radical (unpaired) electrons. The summed E-state index contributed by atoms with van der Waals surface area (Å²) in [4.78, 5) is 10.0. The van der Waals surface area contributed by atoms with Crippen LogP contribution in [0.4, 0.5) is 11.8 Å². The van der Waals surface area contributed by atoms with Gasteiger partial charge in [0.2, 0.25) is 5.95 Å². The minimum absolute atomic E-state index is 0.0440. The molecule has 0 bridgehead atoms. The Balaban J connectivity index is 1.19. The molecule has 0 amide bonds. The maximum absolute atomic E-state index is 6.57. The number of aromatic nitrogens is 3. The Kier molecular flexibility index (Phi) is 8.70. The summed E-state index contributed by atoms with van der Waals surface area (Å²) < 4.78 is 8.80. The minimum atomic E-state index is 0.0440. The SMILES string of the molecule is C=C(/C=C\C1C(C)C(=C)C(C)[C@H]1C)Nc1cc(-n2c3ccccc3c3cc(-c4cccc5c4OC4CC=CC=C54)ccc32)nc(NC(C)/C=C\C)n1. The number of fused-ring (bicyclic) bond motifs is 6. The third-order valence-electron chi connectivity index (χ3n) is 11.4. The number of rotatable bonds is 9. The zero-order chi connectivity index (χ0) is 36.1. The van der Waals surface area contributed by atoms with Gasteiger partial charge in [0.1, 0.15) is 23.5 Å². The first-order chi connectivity index (χ1) is 25.2. The second-order valence-corrected chi connectivity index (χ2v) is 14.7. The molecule has 5 unspecified atom stereocenters. The molecule has 0 saturated heterocycles. The van der Waals surface area contributed by atoms with Crippen molar-refractivity contribution in [3.05, 3.63) is 139 Å². The fourth-order valence-electron chi connectivity index (χ4n) is 8.41. The van der Waals surface area contributed by atoms with Crippen molar-refractivity contribution in [1.29, 1.82) is 0 Å². The Morgan fingerprint density at radius 1 is 0.962 bits per heavy atom. The average Bonchev–Trinajstić information content (AvgIpc) is 3.75. The van der Waals surface area contributed by atoms with Crippen molar-refractivity contribution in [1.82, 2.24) is 14.5 Å². The maximum Gasteiger partial charge on any atom is 0.227 e. The first-order valence-corrected chi connectivity index (χ1v) is 18.5. The van der Waals surface area contributed by atoms with E-state index >= 15 is 0 Å². The average molecular weight is 686 g/mol. The van der Waals surface area contributed by atoms with E-state index in [-0.39, 0.29) is 12.1 Å². The highest BCUT2D eigenvalue weighted by molar-refractivity contribution is 6.10. The molecule has 3 aliphatic rings. The van der Waals surface area contributed by atoms with Crippen LogP contribution >= 0.6 is 0 Å². The van der Waals surface area contributed by atoms with E-state index in [0.717, 1.165) is 56.6 Å². The molecule has 3 heterocycles. The van der Waals surface area contributed by atoms with Gasteiger partial charge in [0.15, 0.2) is 0 Å². The van der Waals surface area contributed by atoms with Crippen LogP contribution in [0.3, 0.4) is 0 Å². The number of benzene rings is 3. The van der Waals surface area contributed by atoms with Crippen LogP contribution in [0.2, 0.25) is 0 Å². The summed E-state index contributed by atoms with van der Waals surface area (Å²) >= 11 is 0. The Hall–Kier alpha value is -5.62. The Morgan fingerprint density at radius 3 is 2.58 bits per heavy atom. The van der Waals surface area contributed by atoms with Crippen LogP contribution in [0.15, 0.2) is 134 Å². The van der Waals surface area contributed by atoms with Crippen molar-refractivity contribution in [3.63, 3.8) is 0 Å². The van der Waals surface area contributed by atoms with Crippen molar-refractivity contribution >= 4 is 39.1 Å². The number of anilines is 2. The van der Waals surface area contributed by atoms with E-state index in [4.69, 9.17) is 14.7 Å². The molecular weight excluding hydrogens is 639 g/mol. The van der Waals surface area contributed by atoms with E-state index in [0.29, 0.717) is 35.4 Å². The van der Waals surface area contributed by atoms with Crippen molar-refractivity contribution in [2.75, 3.05) is 10.6 Å². The second-order valence-electron chi connectivity index (χ2n) is 14.7. The number of allylic oxidation sites excluding steroid dienone is 6. The fourth-order valence-corrected chi connectivity index (χ4v) is 8.41. The Labute approximate surface area is 307 Å². The van der Waals surface area contributed by atoms with Gasteiger partial charge in [0.05, 0.1) is 11.0 Å². The zero-order valence-corrected chi connectivity index (χ0v) is 30.7. The molecule has 52 heavy (non-hydrogen) atoms. The molecule has 6 heteroatoms. The highest BCUT2D eigenvalue weighted by atomic mass is 16.5. The van der Waals surface area contributed by atoms with E-state index in [1.165, 1.54) is 16.7 Å². The Bertz CT molecular complexity index is 2360. The highest BCUT2D eigenvalue weighted by Gasteiger charge is 2.37. The standard InChI is InChI=1S/C46H47N5O/c1-8-14-27(2)48-46-49-43(47-28(3)21-23-34-31(6)29(4)30(5)32(34)7)26-44(50-46)51-40-19-11-9-15-36(40)39-25-33(22-24-41(39)51)35-17-13-18-38-37-16-10-12-20-42(37)52-45(35)38/h8-19,21-27,30-32,34,42H,3-4,20H2,1-2,5-7H3,(H2,47,48,49,50)/b14-8-,23-21-/t27?,30?,31?,32-,34?,42?/m1/s1. The normalized spacial score (nSPS) is 22.9. The largest absolute Gasteiger partial charge is 0.484 e. The van der Waals surface area contributed by atoms with E-state index in [9.17, 15) is 0 Å². The summed E-state index contributed by atoms with van der Waals surface area (Å²) in [5, 5.41) is 9.28. The molecule has 5 aromatic rings. The maximum atomic E-state index is 6.57. The smallest absolute Gasteiger partial charge is 0.227 e. The molecule has 0 spiro atoms. The molecule has 262 valence electrons. The van der Waals surface area contributed by atoms with Gasteiger partial charge in [-0.05, 0) is 67.4 Å². The predicted molar refractivity (Wildman–Crippen MR) is 218 cm³/mol. The predicted octanol–water partition coefficient (Wildman–Crippen LogP) is 11.3. The lowest BCUT2D eigenvalue weighted by atomic mass is 9.89. The number of hydrogen-bond donors (Lipinski definition) is 2. The van der Waals surface area contributed by atoms with Gasteiger partial charge in [0, 0.05) is 51.7 Å². The van der Waals surface area contributed by atoms with Crippen LogP contribution in [0.5, 0.6) is 5.75 Å². The minimum Gasteiger partial charge on any atom is -0.484 e. The summed E-state index contributed by atoms with van der Waals surface area (Å²) in [6.45, 7) is 19.7. The molecule has 3 aromatic carbocycles. The number of nitrogens with zero attached hydrogens (tertiary/aromatic N) is 3. The number of ether oxygens (including phenoxy) is 1. The zero-order valence-electron chi connectivity index (χ0n) is 30.7. The molecule has 2 aliphatic carbocycles. The van der Waals surface area contributed by atoms with Crippen LogP contribution in [0.1, 0.15) is 46.6 Å². The van der Waals surface area contributed by atoms with Crippen molar-refractivity contribution < 1.29 is 4.74 Å². The summed E-state index contributed by atoms with van der Waals surface area (Å²) in [5.74, 6) is 4.84. The Morgan fingerprint density at radius 2 is 1.77 bits per heavy atom. The van der Waals surface area contributed by atoms with Crippen LogP contribution in [-0.2, 0) is 0 Å². The first-order valence-electron chi connectivity index (χ1n) is 18.5. The molecule has 1 fully saturated rings. The van der Waals surface area contributed by atoms with E-state index in [2.05, 4.69) is 153 Å². The van der Waals surface area contributed by atoms with Crippen molar-refractivity contribution in [3.8, 4) is 22.7 Å². The molecule has 2 aromatic heterocycles. The van der Waals surface area contributed by atoms with E-state index in [1.807, 2.05) is 19.1 Å². The fraction of sp³-hybridized carbons (Fsp3) is 0.261. The topological polar surface area (TPSA) is 64.0 Å². The van der Waals surface area contributed by atoms with Crippen LogP contribution in [0, 0.1) is 23.7 Å². The summed E-state index contributed by atoms with van der Waals surface area (Å²) in [5.41, 5.74) is 8.92. The number of hydrogen-bond acceptors (Lipinski definition) is 5. The molecule has 2 N–H and O–H groups in total. The van der Waals surface area contributed by atoms with Gasteiger partial charge >= 0.3 is 0 Å². The van der Waals surface area contributed by atoms with E-state index in [1.54, 1.807) is 0 Å². The summed E-state index contributed by atoms with van der Waals surface area (Å²) in [6, 6.07) is 23.8. The molecule has 1 saturated carbocycles. The quantitative estimate of drug-likeness (QED) is 0.119. The third kappa shape index (κ3) is 5.86. The lowest BCUT2D eigenvalue weighted by molar-refractivity contribution is 0.280. The lowest BCUT2D eigenvalue weighted by Gasteiger charge is -2.17. The van der Waals surface area contributed by atoms with Gasteiger partial charge in [-0.2, -0.15) is 9.97 Å². The van der Waals surface area contributed by atoms with Crippen LogP contribution in [-0.4, -0.2) is 26.7 Å². The number of nitrogens with one attached hydrogen (secondary N) is 2. The van der Waals surface area contributed by atoms with Gasteiger partial charge < -0.3 is 15.4 Å². The van der Waals surface area contributed by atoms with Gasteiger partial charge in [-0.1, -0.05) is 118 Å². The molecule has 6 atom stereocenters. The van der Waals surface area contributed by atoms with Crippen molar-refractivity contribution in [2.45, 2.75) is 53.2 Å². The van der Waals surface area contributed by atoms with Crippen molar-refractivity contribution in [2.24, 2.45) is 23.7 Å². The van der Waals surface area contributed by atoms with Gasteiger partial charge in [-0.15, -0.1) is 0 Å². The van der Waals surface area contributed by atoms with Crippen LogP contribution in [0.25, 0.3) is 44.3 Å². The van der Waals surface area contributed by atoms with Gasteiger partial charge in [0.25, 0.3) is 0 Å². The molecule has 6 nitrogen and oxygen atoms in total. The third-order valence-corrected chi connectivity index (χ3v) is 11.4. The molecule has 1 aliphatic heterocycles. The molecule has 8 rings (SSSR count). The van der Waals surface area contributed by atoms with Gasteiger partial charge in [-0.25, -0.2) is 0 Å². The molecular formula is C46H47N5O. The summed E-state index contributed by atoms with van der Waals surface area (Å²) in [7, 11) is 0. The number of para-hydroxylation sites is 2. The second kappa shape index (κ2) is 13.5. The van der Waals surface area contributed by atoms with E-state index < -0.39 is 0 Å². The lowest BCUT2D eigenvalue weighted by Crippen LogP contribution is -2.16. The van der Waals surface area contributed by atoms with Crippen LogP contribution < -0.4 is 15.4 Å². The highest BCUT2D eigenvalue weighted by Crippen LogP contribution is 2.47. The summed E-state index contributed by atoms with van der Waals surface area (Å²) in [6.07, 6.45) is 16.0. The monoisotopic (exact) mass is 685 g/mol. The van der Waals surface area contributed by atoms with Gasteiger partial charge in [-0.3, -0.25) is 4.57 Å². The first kappa shape index (κ1) is 33.5.